The summed E-state index contributed by atoms with van der Waals surface area (Å²) >= 11 is 0. The van der Waals surface area contributed by atoms with E-state index >= 15 is 0 Å². The molecule has 0 saturated heterocycles. The Morgan fingerprint density at radius 3 is 2.55 bits per heavy atom. The normalized spacial score (nSPS) is 15.5. The number of ether oxygens (including phenoxy) is 1. The molecule has 0 fully saturated rings. The van der Waals surface area contributed by atoms with E-state index in [9.17, 15) is 9.00 Å². The van der Waals surface area contributed by atoms with Gasteiger partial charge in [0.2, 0.25) is 0 Å². The predicted octanol–water partition coefficient (Wildman–Crippen LogP) is 0.707. The molecule has 11 heavy (non-hydrogen) atoms. The van der Waals surface area contributed by atoms with Crippen LogP contribution in [-0.4, -0.2) is 28.3 Å². The van der Waals surface area contributed by atoms with Crippen LogP contribution < -0.4 is 0 Å². The standard InChI is InChI=1S/C7H14O3S/c1-4-11(9)6(2)5-7(8)10-3/h6H,4-5H2,1-3H3. The van der Waals surface area contributed by atoms with Crippen LogP contribution in [0.5, 0.6) is 0 Å². The van der Waals surface area contributed by atoms with Crippen molar-refractivity contribution in [1.82, 2.24) is 0 Å². The van der Waals surface area contributed by atoms with Crippen LogP contribution >= 0.6 is 0 Å². The number of esters is 1. The molecule has 0 aromatic heterocycles. The fourth-order valence-corrected chi connectivity index (χ4v) is 1.59. The number of carbonyl (C=O) groups is 1. The molecule has 0 amide bonds. The van der Waals surface area contributed by atoms with Gasteiger partial charge in [0, 0.05) is 21.8 Å². The van der Waals surface area contributed by atoms with Crippen LogP contribution in [0.1, 0.15) is 20.3 Å². The average Bonchev–Trinajstić information content (AvgIpc) is 2.02. The van der Waals surface area contributed by atoms with Crippen LogP contribution in [0.25, 0.3) is 0 Å². The van der Waals surface area contributed by atoms with Gasteiger partial charge in [-0.25, -0.2) is 0 Å². The minimum Gasteiger partial charge on any atom is -0.469 e. The van der Waals surface area contributed by atoms with Gasteiger partial charge in [-0.3, -0.25) is 9.00 Å². The van der Waals surface area contributed by atoms with Crippen LogP contribution in [-0.2, 0) is 20.3 Å². The fourth-order valence-electron chi connectivity index (χ4n) is 0.696. The Morgan fingerprint density at radius 2 is 2.18 bits per heavy atom. The first kappa shape index (κ1) is 10.6. The van der Waals surface area contributed by atoms with E-state index in [0.717, 1.165) is 0 Å². The van der Waals surface area contributed by atoms with Crippen LogP contribution in [0.4, 0.5) is 0 Å². The molecular weight excluding hydrogens is 164 g/mol. The van der Waals surface area contributed by atoms with Crippen molar-refractivity contribution < 1.29 is 13.7 Å². The van der Waals surface area contributed by atoms with E-state index in [0.29, 0.717) is 5.75 Å². The van der Waals surface area contributed by atoms with Gasteiger partial charge in [-0.15, -0.1) is 0 Å². The summed E-state index contributed by atoms with van der Waals surface area (Å²) in [6, 6.07) is 0. The Labute approximate surface area is 69.6 Å². The maximum atomic E-state index is 11.1. The van der Waals surface area contributed by atoms with Gasteiger partial charge < -0.3 is 4.74 Å². The van der Waals surface area contributed by atoms with Gasteiger partial charge in [-0.05, 0) is 0 Å². The number of hydrogen-bond donors (Lipinski definition) is 0. The molecule has 0 aliphatic rings. The molecule has 0 saturated carbocycles. The molecule has 0 radical (unpaired) electrons. The third-order valence-electron chi connectivity index (χ3n) is 1.42. The molecule has 4 heteroatoms. The van der Waals surface area contributed by atoms with Gasteiger partial charge in [-0.2, -0.15) is 0 Å². The van der Waals surface area contributed by atoms with Gasteiger partial charge in [0.05, 0.1) is 13.5 Å². The molecule has 0 aromatic carbocycles. The topological polar surface area (TPSA) is 43.4 Å². The predicted molar refractivity (Wildman–Crippen MR) is 44.8 cm³/mol. The van der Waals surface area contributed by atoms with E-state index in [4.69, 9.17) is 0 Å². The van der Waals surface area contributed by atoms with Gasteiger partial charge in [0.25, 0.3) is 0 Å². The summed E-state index contributed by atoms with van der Waals surface area (Å²) in [4.78, 5) is 10.7. The lowest BCUT2D eigenvalue weighted by Gasteiger charge is -2.06. The Morgan fingerprint density at radius 1 is 1.64 bits per heavy atom. The van der Waals surface area contributed by atoms with Crippen LogP contribution in [0.2, 0.25) is 0 Å². The second-order valence-corrected chi connectivity index (χ2v) is 4.40. The highest BCUT2D eigenvalue weighted by Gasteiger charge is 2.13. The van der Waals surface area contributed by atoms with Crippen molar-refractivity contribution in [3.8, 4) is 0 Å². The lowest BCUT2D eigenvalue weighted by Crippen LogP contribution is -2.18. The van der Waals surface area contributed by atoms with Crippen molar-refractivity contribution in [2.75, 3.05) is 12.9 Å². The molecule has 0 aliphatic carbocycles. The Balaban J connectivity index is 3.77. The van der Waals surface area contributed by atoms with E-state index in [1.807, 2.05) is 6.92 Å². The van der Waals surface area contributed by atoms with E-state index in [2.05, 4.69) is 4.74 Å². The van der Waals surface area contributed by atoms with Crippen LogP contribution in [0, 0.1) is 0 Å². The molecule has 3 nitrogen and oxygen atoms in total. The largest absolute Gasteiger partial charge is 0.469 e. The van der Waals surface area contributed by atoms with E-state index in [1.165, 1.54) is 7.11 Å². The van der Waals surface area contributed by atoms with Crippen molar-refractivity contribution in [1.29, 1.82) is 0 Å². The first-order valence-corrected chi connectivity index (χ1v) is 4.94. The van der Waals surface area contributed by atoms with E-state index < -0.39 is 10.8 Å². The summed E-state index contributed by atoms with van der Waals surface area (Å²) in [6.07, 6.45) is 0.247. The Hall–Kier alpha value is -0.380. The Kier molecular flexibility index (Phi) is 5.11. The Bertz CT molecular complexity index is 156. The van der Waals surface area contributed by atoms with Gasteiger partial charge in [0.15, 0.2) is 0 Å². The molecule has 0 spiro atoms. The number of methoxy groups -OCH3 is 1. The SMILES string of the molecule is CCS(=O)C(C)CC(=O)OC. The van der Waals surface area contributed by atoms with Crippen LogP contribution in [0.15, 0.2) is 0 Å². The summed E-state index contributed by atoms with van der Waals surface area (Å²) in [5, 5.41) is -0.0903. The smallest absolute Gasteiger partial charge is 0.306 e. The molecule has 0 bridgehead atoms. The molecular formula is C7H14O3S. The molecule has 0 N–H and O–H groups in total. The summed E-state index contributed by atoms with van der Waals surface area (Å²) in [6.45, 7) is 3.63. The minimum absolute atomic E-state index is 0.0903. The van der Waals surface area contributed by atoms with Crippen LogP contribution in [0.3, 0.4) is 0 Å². The molecule has 2 unspecified atom stereocenters. The zero-order valence-corrected chi connectivity index (χ0v) is 7.94. The third-order valence-corrected chi connectivity index (χ3v) is 3.05. The first-order chi connectivity index (χ1) is 5.11. The summed E-state index contributed by atoms with van der Waals surface area (Å²) in [7, 11) is 0.442. The zero-order chi connectivity index (χ0) is 8.85. The van der Waals surface area contributed by atoms with Gasteiger partial charge >= 0.3 is 5.97 Å². The molecule has 0 aromatic rings. The maximum Gasteiger partial charge on any atom is 0.306 e. The summed E-state index contributed by atoms with van der Waals surface area (Å²) < 4.78 is 15.5. The fraction of sp³-hybridized carbons (Fsp3) is 0.857. The second kappa shape index (κ2) is 5.29. The monoisotopic (exact) mass is 178 g/mol. The number of hydrogen-bond acceptors (Lipinski definition) is 3. The third kappa shape index (κ3) is 4.14. The van der Waals surface area contributed by atoms with E-state index in [-0.39, 0.29) is 17.6 Å². The van der Waals surface area contributed by atoms with Gasteiger partial charge in [0.1, 0.15) is 0 Å². The lowest BCUT2D eigenvalue weighted by molar-refractivity contribution is -0.140. The number of carbonyl (C=O) groups excluding carboxylic acids is 1. The quantitative estimate of drug-likeness (QED) is 0.595. The van der Waals surface area contributed by atoms with Crippen molar-refractivity contribution in [2.45, 2.75) is 25.5 Å². The minimum atomic E-state index is -0.895. The number of rotatable bonds is 4. The van der Waals surface area contributed by atoms with Crippen molar-refractivity contribution in [3.05, 3.63) is 0 Å². The van der Waals surface area contributed by atoms with Crippen molar-refractivity contribution in [3.63, 3.8) is 0 Å². The molecule has 2 atom stereocenters. The molecule has 0 heterocycles. The highest BCUT2D eigenvalue weighted by Crippen LogP contribution is 2.02. The lowest BCUT2D eigenvalue weighted by atomic mass is 10.3. The summed E-state index contributed by atoms with van der Waals surface area (Å²) in [5.74, 6) is 0.303. The van der Waals surface area contributed by atoms with Crippen molar-refractivity contribution in [2.24, 2.45) is 0 Å². The first-order valence-electron chi connectivity index (χ1n) is 3.55. The van der Waals surface area contributed by atoms with Gasteiger partial charge in [-0.1, -0.05) is 13.8 Å². The highest BCUT2D eigenvalue weighted by atomic mass is 32.2. The average molecular weight is 178 g/mol. The van der Waals surface area contributed by atoms with Crippen molar-refractivity contribution >= 4 is 16.8 Å². The molecule has 0 rings (SSSR count). The molecule has 66 valence electrons. The van der Waals surface area contributed by atoms with E-state index in [1.54, 1.807) is 6.92 Å². The summed E-state index contributed by atoms with van der Waals surface area (Å²) in [5.41, 5.74) is 0. The highest BCUT2D eigenvalue weighted by molar-refractivity contribution is 7.85. The zero-order valence-electron chi connectivity index (χ0n) is 7.12. The maximum absolute atomic E-state index is 11.1. The molecule has 0 aliphatic heterocycles. The second-order valence-electron chi connectivity index (χ2n) is 2.26.